The first-order valence-corrected chi connectivity index (χ1v) is 6.22. The molecule has 0 unspecified atom stereocenters. The van der Waals surface area contributed by atoms with Crippen LogP contribution in [0.1, 0.15) is 17.5 Å². The number of carbonyl (C=O) groups is 1. The average molecular weight is 249 g/mol. The van der Waals surface area contributed by atoms with Gasteiger partial charge in [-0.25, -0.2) is 0 Å². The third-order valence-corrected chi connectivity index (χ3v) is 3.20. The van der Waals surface area contributed by atoms with Crippen LogP contribution in [-0.2, 0) is 4.79 Å². The lowest BCUT2D eigenvalue weighted by molar-refractivity contribution is -0.132. The molecule has 0 radical (unpaired) electrons. The molecule has 0 saturated carbocycles. The fourth-order valence-electron chi connectivity index (χ4n) is 2.16. The van der Waals surface area contributed by atoms with E-state index in [0.29, 0.717) is 19.5 Å². The van der Waals surface area contributed by atoms with Crippen LogP contribution in [0.15, 0.2) is 18.2 Å². The van der Waals surface area contributed by atoms with Crippen molar-refractivity contribution in [3.8, 4) is 5.75 Å². The summed E-state index contributed by atoms with van der Waals surface area (Å²) in [6.45, 7) is 5.07. The van der Waals surface area contributed by atoms with Crippen molar-refractivity contribution in [1.82, 2.24) is 4.90 Å². The summed E-state index contributed by atoms with van der Waals surface area (Å²) in [5.41, 5.74) is 2.21. The molecular weight excluding hydrogens is 230 g/mol. The Kier molecular flexibility index (Phi) is 3.87. The molecule has 1 aromatic carbocycles. The molecule has 1 atom stereocenters. The molecule has 1 amide bonds. The van der Waals surface area contributed by atoms with Gasteiger partial charge in [-0.1, -0.05) is 17.7 Å². The molecule has 1 heterocycles. The zero-order valence-corrected chi connectivity index (χ0v) is 10.8. The summed E-state index contributed by atoms with van der Waals surface area (Å²) in [5, 5.41) is 9.37. The van der Waals surface area contributed by atoms with Crippen molar-refractivity contribution >= 4 is 5.91 Å². The standard InChI is InChI=1S/C14H19NO3/c1-10-3-4-13(11(2)7-10)18-9-14(17)15-6-5-12(16)8-15/h3-4,7,12,16H,5-6,8-9H2,1-2H3/t12-/m0/s1. The van der Waals surface area contributed by atoms with Gasteiger partial charge in [-0.05, 0) is 31.9 Å². The highest BCUT2D eigenvalue weighted by Gasteiger charge is 2.24. The van der Waals surface area contributed by atoms with E-state index in [1.807, 2.05) is 32.0 Å². The minimum Gasteiger partial charge on any atom is -0.484 e. The fourth-order valence-corrected chi connectivity index (χ4v) is 2.16. The van der Waals surface area contributed by atoms with Gasteiger partial charge in [0.1, 0.15) is 5.75 Å². The second-order valence-corrected chi connectivity index (χ2v) is 4.84. The van der Waals surface area contributed by atoms with Gasteiger partial charge in [-0.15, -0.1) is 0 Å². The van der Waals surface area contributed by atoms with E-state index in [0.717, 1.165) is 11.3 Å². The van der Waals surface area contributed by atoms with Crippen LogP contribution in [0.5, 0.6) is 5.75 Å². The fraction of sp³-hybridized carbons (Fsp3) is 0.500. The van der Waals surface area contributed by atoms with Crippen LogP contribution in [0.4, 0.5) is 0 Å². The number of ether oxygens (including phenoxy) is 1. The molecule has 0 spiro atoms. The van der Waals surface area contributed by atoms with Gasteiger partial charge in [-0.2, -0.15) is 0 Å². The Bertz CT molecular complexity index is 445. The van der Waals surface area contributed by atoms with Crippen LogP contribution in [0, 0.1) is 13.8 Å². The zero-order chi connectivity index (χ0) is 13.1. The number of aliphatic hydroxyl groups is 1. The van der Waals surface area contributed by atoms with Gasteiger partial charge < -0.3 is 14.7 Å². The monoisotopic (exact) mass is 249 g/mol. The first kappa shape index (κ1) is 12.9. The van der Waals surface area contributed by atoms with Gasteiger partial charge in [0.2, 0.25) is 0 Å². The van der Waals surface area contributed by atoms with Crippen molar-refractivity contribution in [2.75, 3.05) is 19.7 Å². The van der Waals surface area contributed by atoms with Crippen molar-refractivity contribution in [1.29, 1.82) is 0 Å². The molecule has 0 aliphatic carbocycles. The summed E-state index contributed by atoms with van der Waals surface area (Å²) in [5.74, 6) is 0.681. The Labute approximate surface area is 107 Å². The molecule has 2 rings (SSSR count). The van der Waals surface area contributed by atoms with E-state index in [1.165, 1.54) is 5.56 Å². The van der Waals surface area contributed by atoms with Crippen LogP contribution in [-0.4, -0.2) is 41.7 Å². The number of benzene rings is 1. The third-order valence-electron chi connectivity index (χ3n) is 3.20. The second kappa shape index (κ2) is 5.40. The van der Waals surface area contributed by atoms with Crippen LogP contribution in [0.25, 0.3) is 0 Å². The number of β-amino-alcohol motifs (C(OH)–C–C–N with tert-alkyl or cyclic N) is 1. The first-order valence-electron chi connectivity index (χ1n) is 6.22. The number of aryl methyl sites for hydroxylation is 2. The molecular formula is C14H19NO3. The maximum absolute atomic E-state index is 11.8. The highest BCUT2D eigenvalue weighted by Crippen LogP contribution is 2.19. The SMILES string of the molecule is Cc1ccc(OCC(=O)N2CC[C@H](O)C2)c(C)c1. The normalized spacial score (nSPS) is 19.1. The van der Waals surface area contributed by atoms with Crippen LogP contribution >= 0.6 is 0 Å². The summed E-state index contributed by atoms with van der Waals surface area (Å²) >= 11 is 0. The van der Waals surface area contributed by atoms with Gasteiger partial charge in [0, 0.05) is 13.1 Å². The van der Waals surface area contributed by atoms with E-state index in [9.17, 15) is 9.90 Å². The molecule has 18 heavy (non-hydrogen) atoms. The van der Waals surface area contributed by atoms with Crippen molar-refractivity contribution in [3.05, 3.63) is 29.3 Å². The predicted octanol–water partition coefficient (Wildman–Crippen LogP) is 1.28. The lowest BCUT2D eigenvalue weighted by atomic mass is 10.1. The largest absolute Gasteiger partial charge is 0.484 e. The second-order valence-electron chi connectivity index (χ2n) is 4.84. The molecule has 4 heteroatoms. The Morgan fingerprint density at radius 2 is 2.28 bits per heavy atom. The van der Waals surface area contributed by atoms with E-state index in [4.69, 9.17) is 4.74 Å². The van der Waals surface area contributed by atoms with Crippen molar-refractivity contribution in [2.45, 2.75) is 26.4 Å². The Hall–Kier alpha value is -1.55. The number of hydrogen-bond donors (Lipinski definition) is 1. The molecule has 98 valence electrons. The van der Waals surface area contributed by atoms with E-state index in [1.54, 1.807) is 4.90 Å². The number of amides is 1. The molecule has 1 aliphatic heterocycles. The van der Waals surface area contributed by atoms with Crippen molar-refractivity contribution < 1.29 is 14.6 Å². The molecule has 4 nitrogen and oxygen atoms in total. The molecule has 0 bridgehead atoms. The molecule has 0 aromatic heterocycles. The molecule has 1 saturated heterocycles. The van der Waals surface area contributed by atoms with Gasteiger partial charge in [-0.3, -0.25) is 4.79 Å². The van der Waals surface area contributed by atoms with Crippen LogP contribution in [0.2, 0.25) is 0 Å². The van der Waals surface area contributed by atoms with Gasteiger partial charge >= 0.3 is 0 Å². The summed E-state index contributed by atoms with van der Waals surface area (Å²) in [6.07, 6.45) is 0.282. The zero-order valence-electron chi connectivity index (χ0n) is 10.8. The van der Waals surface area contributed by atoms with Crippen LogP contribution < -0.4 is 4.74 Å². The van der Waals surface area contributed by atoms with Gasteiger partial charge in [0.05, 0.1) is 6.10 Å². The highest BCUT2D eigenvalue weighted by molar-refractivity contribution is 5.78. The Balaban J connectivity index is 1.89. The van der Waals surface area contributed by atoms with Crippen molar-refractivity contribution in [2.24, 2.45) is 0 Å². The predicted molar refractivity (Wildman–Crippen MR) is 68.6 cm³/mol. The number of hydrogen-bond acceptors (Lipinski definition) is 3. The number of carbonyl (C=O) groups excluding carboxylic acids is 1. The molecule has 1 fully saturated rings. The molecule has 1 aromatic rings. The number of rotatable bonds is 3. The first-order chi connectivity index (χ1) is 8.56. The third kappa shape index (κ3) is 3.01. The van der Waals surface area contributed by atoms with Gasteiger partial charge in [0.25, 0.3) is 5.91 Å². The number of aliphatic hydroxyl groups excluding tert-OH is 1. The number of nitrogens with zero attached hydrogens (tertiary/aromatic N) is 1. The smallest absolute Gasteiger partial charge is 0.260 e. The van der Waals surface area contributed by atoms with Gasteiger partial charge in [0.15, 0.2) is 6.61 Å². The summed E-state index contributed by atoms with van der Waals surface area (Å²) in [6, 6.07) is 5.88. The van der Waals surface area contributed by atoms with E-state index >= 15 is 0 Å². The maximum atomic E-state index is 11.8. The summed E-state index contributed by atoms with van der Waals surface area (Å²) < 4.78 is 5.53. The number of likely N-dealkylation sites (tertiary alicyclic amines) is 1. The summed E-state index contributed by atoms with van der Waals surface area (Å²) in [4.78, 5) is 13.5. The highest BCUT2D eigenvalue weighted by atomic mass is 16.5. The average Bonchev–Trinajstić information content (AvgIpc) is 2.74. The van der Waals surface area contributed by atoms with E-state index in [-0.39, 0.29) is 18.6 Å². The topological polar surface area (TPSA) is 49.8 Å². The van der Waals surface area contributed by atoms with E-state index < -0.39 is 0 Å². The summed E-state index contributed by atoms with van der Waals surface area (Å²) in [7, 11) is 0. The Morgan fingerprint density at radius 3 is 2.89 bits per heavy atom. The quantitative estimate of drug-likeness (QED) is 0.877. The molecule has 1 N–H and O–H groups in total. The lowest BCUT2D eigenvalue weighted by Gasteiger charge is -2.16. The lowest BCUT2D eigenvalue weighted by Crippen LogP contribution is -2.33. The maximum Gasteiger partial charge on any atom is 0.260 e. The van der Waals surface area contributed by atoms with Crippen LogP contribution in [0.3, 0.4) is 0 Å². The Morgan fingerprint density at radius 1 is 1.50 bits per heavy atom. The molecule has 1 aliphatic rings. The van der Waals surface area contributed by atoms with Crippen molar-refractivity contribution in [3.63, 3.8) is 0 Å². The van der Waals surface area contributed by atoms with E-state index in [2.05, 4.69) is 0 Å². The minimum atomic E-state index is -0.380. The minimum absolute atomic E-state index is 0.0383.